The van der Waals surface area contributed by atoms with E-state index in [-0.39, 0.29) is 0 Å². The molecular formula is C18H23NO. The summed E-state index contributed by atoms with van der Waals surface area (Å²) in [4.78, 5) is 0. The van der Waals surface area contributed by atoms with Crippen LogP contribution in [0.2, 0.25) is 0 Å². The highest BCUT2D eigenvalue weighted by atomic mass is 16.5. The van der Waals surface area contributed by atoms with E-state index >= 15 is 0 Å². The van der Waals surface area contributed by atoms with E-state index in [0.717, 1.165) is 36.5 Å². The van der Waals surface area contributed by atoms with Gasteiger partial charge in [0.2, 0.25) is 0 Å². The molecule has 1 fully saturated rings. The number of nitrogens with one attached hydrogen (secondary N) is 1. The van der Waals surface area contributed by atoms with Gasteiger partial charge in [0.1, 0.15) is 5.75 Å². The first-order chi connectivity index (χ1) is 9.81. The zero-order chi connectivity index (χ0) is 13.5. The highest BCUT2D eigenvalue weighted by Gasteiger charge is 2.39. The Balaban J connectivity index is 1.48. The molecule has 5 atom stereocenters. The molecule has 0 saturated heterocycles. The van der Waals surface area contributed by atoms with Crippen molar-refractivity contribution in [3.63, 3.8) is 0 Å². The summed E-state index contributed by atoms with van der Waals surface area (Å²) in [6.07, 6.45) is 8.73. The summed E-state index contributed by atoms with van der Waals surface area (Å²) in [5.41, 5.74) is 1.34. The molecule has 1 N–H and O–H groups in total. The van der Waals surface area contributed by atoms with Gasteiger partial charge in [0.25, 0.3) is 0 Å². The zero-order valence-electron chi connectivity index (χ0n) is 12.1. The van der Waals surface area contributed by atoms with Crippen molar-refractivity contribution in [2.75, 3.05) is 6.61 Å². The lowest BCUT2D eigenvalue weighted by Crippen LogP contribution is -2.39. The maximum atomic E-state index is 5.76. The molecule has 4 rings (SSSR count). The second kappa shape index (κ2) is 4.92. The van der Waals surface area contributed by atoms with Gasteiger partial charge in [-0.2, -0.15) is 0 Å². The van der Waals surface area contributed by atoms with Gasteiger partial charge >= 0.3 is 0 Å². The molecule has 2 heteroatoms. The molecule has 0 spiro atoms. The standard InChI is InChI=1S/C18H23NO/c1-12(16-11-13-6-7-14(16)10-13)19-17-8-9-20-18-5-3-2-4-15(17)18/h2-7,12-14,16-17,19H,8-11H2,1H3. The summed E-state index contributed by atoms with van der Waals surface area (Å²) in [6.45, 7) is 3.20. The number of rotatable bonds is 3. The molecule has 2 bridgehead atoms. The summed E-state index contributed by atoms with van der Waals surface area (Å²) in [5.74, 6) is 3.56. The third-order valence-electron chi connectivity index (χ3n) is 5.40. The molecule has 1 aliphatic heterocycles. The zero-order valence-corrected chi connectivity index (χ0v) is 12.1. The smallest absolute Gasteiger partial charge is 0.124 e. The number of hydrogen-bond donors (Lipinski definition) is 1. The van der Waals surface area contributed by atoms with Crippen molar-refractivity contribution in [1.82, 2.24) is 5.32 Å². The van der Waals surface area contributed by atoms with Gasteiger partial charge in [0, 0.05) is 24.1 Å². The van der Waals surface area contributed by atoms with E-state index in [1.165, 1.54) is 18.4 Å². The Morgan fingerprint density at radius 3 is 2.90 bits per heavy atom. The first-order valence-corrected chi connectivity index (χ1v) is 7.97. The molecule has 0 radical (unpaired) electrons. The van der Waals surface area contributed by atoms with Gasteiger partial charge in [-0.1, -0.05) is 30.4 Å². The van der Waals surface area contributed by atoms with Crippen LogP contribution in [0.5, 0.6) is 5.75 Å². The van der Waals surface area contributed by atoms with Crippen molar-refractivity contribution in [3.8, 4) is 5.75 Å². The SMILES string of the molecule is CC(NC1CCOc2ccccc21)C1CC2C=CC1C2. The highest BCUT2D eigenvalue weighted by Crippen LogP contribution is 2.45. The van der Waals surface area contributed by atoms with Crippen LogP contribution in [0.4, 0.5) is 0 Å². The predicted octanol–water partition coefficient (Wildman–Crippen LogP) is 3.70. The van der Waals surface area contributed by atoms with Crippen molar-refractivity contribution >= 4 is 0 Å². The molecule has 2 aliphatic carbocycles. The number of para-hydroxylation sites is 1. The topological polar surface area (TPSA) is 21.3 Å². The van der Waals surface area contributed by atoms with Gasteiger partial charge in [-0.3, -0.25) is 0 Å². The van der Waals surface area contributed by atoms with Gasteiger partial charge in [-0.05, 0) is 43.6 Å². The fraction of sp³-hybridized carbons (Fsp3) is 0.556. The summed E-state index contributed by atoms with van der Waals surface area (Å²) in [7, 11) is 0. The fourth-order valence-corrected chi connectivity index (χ4v) is 4.35. The maximum Gasteiger partial charge on any atom is 0.124 e. The summed E-state index contributed by atoms with van der Waals surface area (Å²) in [6, 6.07) is 9.52. The molecule has 106 valence electrons. The van der Waals surface area contributed by atoms with Gasteiger partial charge in [0.05, 0.1) is 6.61 Å². The van der Waals surface area contributed by atoms with E-state index in [9.17, 15) is 0 Å². The summed E-state index contributed by atoms with van der Waals surface area (Å²) in [5, 5.41) is 3.89. The molecule has 1 heterocycles. The van der Waals surface area contributed by atoms with Crippen LogP contribution in [0.3, 0.4) is 0 Å². The quantitative estimate of drug-likeness (QED) is 0.845. The van der Waals surface area contributed by atoms with Crippen molar-refractivity contribution in [2.45, 2.75) is 38.3 Å². The lowest BCUT2D eigenvalue weighted by atomic mass is 9.86. The summed E-state index contributed by atoms with van der Waals surface area (Å²) < 4.78 is 5.76. The van der Waals surface area contributed by atoms with Gasteiger partial charge in [-0.25, -0.2) is 0 Å². The largest absolute Gasteiger partial charge is 0.493 e. The first-order valence-electron chi connectivity index (χ1n) is 7.97. The molecule has 1 saturated carbocycles. The normalized spacial score (nSPS) is 35.6. The number of fused-ring (bicyclic) bond motifs is 3. The van der Waals surface area contributed by atoms with Gasteiger partial charge in [0.15, 0.2) is 0 Å². The Morgan fingerprint density at radius 2 is 2.10 bits per heavy atom. The molecule has 2 nitrogen and oxygen atoms in total. The molecule has 3 aliphatic rings. The average molecular weight is 269 g/mol. The second-order valence-electron chi connectivity index (χ2n) is 6.63. The predicted molar refractivity (Wildman–Crippen MR) is 80.7 cm³/mol. The van der Waals surface area contributed by atoms with Crippen LogP contribution in [0, 0.1) is 17.8 Å². The minimum Gasteiger partial charge on any atom is -0.493 e. The fourth-order valence-electron chi connectivity index (χ4n) is 4.35. The monoisotopic (exact) mass is 269 g/mol. The van der Waals surface area contributed by atoms with Crippen molar-refractivity contribution in [1.29, 1.82) is 0 Å². The van der Waals surface area contributed by atoms with Crippen LogP contribution >= 0.6 is 0 Å². The van der Waals surface area contributed by atoms with Crippen LogP contribution in [0.25, 0.3) is 0 Å². The Kier molecular flexibility index (Phi) is 3.07. The van der Waals surface area contributed by atoms with E-state index < -0.39 is 0 Å². The van der Waals surface area contributed by atoms with Crippen molar-refractivity contribution in [3.05, 3.63) is 42.0 Å². The maximum absolute atomic E-state index is 5.76. The Hall–Kier alpha value is -1.28. The molecule has 0 amide bonds. The van der Waals surface area contributed by atoms with Crippen LogP contribution in [-0.2, 0) is 0 Å². The van der Waals surface area contributed by atoms with E-state index in [1.807, 2.05) is 0 Å². The number of allylic oxidation sites excluding steroid dienone is 2. The molecular weight excluding hydrogens is 246 g/mol. The third-order valence-corrected chi connectivity index (χ3v) is 5.40. The highest BCUT2D eigenvalue weighted by molar-refractivity contribution is 5.37. The lowest BCUT2D eigenvalue weighted by molar-refractivity contribution is 0.225. The lowest BCUT2D eigenvalue weighted by Gasteiger charge is -2.33. The van der Waals surface area contributed by atoms with Crippen molar-refractivity contribution < 1.29 is 4.74 Å². The van der Waals surface area contributed by atoms with Crippen LogP contribution in [-0.4, -0.2) is 12.6 Å². The average Bonchev–Trinajstić information content (AvgIpc) is 3.10. The molecule has 1 aromatic carbocycles. The van der Waals surface area contributed by atoms with Crippen molar-refractivity contribution in [2.24, 2.45) is 17.8 Å². The van der Waals surface area contributed by atoms with Gasteiger partial charge in [-0.15, -0.1) is 0 Å². The Morgan fingerprint density at radius 1 is 1.20 bits per heavy atom. The number of ether oxygens (including phenoxy) is 1. The molecule has 0 aromatic heterocycles. The number of hydrogen-bond acceptors (Lipinski definition) is 2. The van der Waals surface area contributed by atoms with E-state index in [2.05, 4.69) is 48.7 Å². The van der Waals surface area contributed by atoms with E-state index in [1.54, 1.807) is 0 Å². The van der Waals surface area contributed by atoms with Gasteiger partial charge < -0.3 is 10.1 Å². The Bertz CT molecular complexity index is 524. The van der Waals surface area contributed by atoms with Crippen LogP contribution in [0.15, 0.2) is 36.4 Å². The Labute approximate surface area is 121 Å². The third kappa shape index (κ3) is 2.07. The van der Waals surface area contributed by atoms with E-state index in [4.69, 9.17) is 4.74 Å². The van der Waals surface area contributed by atoms with Crippen LogP contribution < -0.4 is 10.1 Å². The minimum absolute atomic E-state index is 0.457. The number of benzene rings is 1. The second-order valence-corrected chi connectivity index (χ2v) is 6.63. The van der Waals surface area contributed by atoms with Crippen LogP contribution in [0.1, 0.15) is 37.8 Å². The molecule has 20 heavy (non-hydrogen) atoms. The minimum atomic E-state index is 0.457. The first kappa shape index (κ1) is 12.5. The molecule has 1 aromatic rings. The molecule has 5 unspecified atom stereocenters. The summed E-state index contributed by atoms with van der Waals surface area (Å²) >= 11 is 0. The van der Waals surface area contributed by atoms with E-state index in [0.29, 0.717) is 12.1 Å².